The van der Waals surface area contributed by atoms with E-state index in [2.05, 4.69) is 24.0 Å². The lowest BCUT2D eigenvalue weighted by Crippen LogP contribution is -2.31. The Morgan fingerprint density at radius 3 is 2.74 bits per heavy atom. The third-order valence-corrected chi connectivity index (χ3v) is 4.19. The van der Waals surface area contributed by atoms with Crippen LogP contribution >= 0.6 is 11.8 Å². The average Bonchev–Trinajstić information content (AvgIpc) is 2.85. The van der Waals surface area contributed by atoms with Crippen molar-refractivity contribution in [1.29, 1.82) is 0 Å². The highest BCUT2D eigenvalue weighted by Crippen LogP contribution is 2.25. The first kappa shape index (κ1) is 16.0. The molecule has 5 nitrogen and oxygen atoms in total. The van der Waals surface area contributed by atoms with Crippen molar-refractivity contribution in [2.45, 2.75) is 57.5 Å². The molecule has 1 aromatic rings. The Balaban J connectivity index is 2.70. The summed E-state index contributed by atoms with van der Waals surface area (Å²) in [5, 5.41) is 4.47. The molecule has 108 valence electrons. The minimum Gasteiger partial charge on any atom is -0.465 e. The SMILES string of the molecule is CCOC(=O)C(C)(C)c1nc(CSC(C)CC)no1. The van der Waals surface area contributed by atoms with E-state index in [0.29, 0.717) is 29.3 Å². The molecule has 0 spiro atoms. The number of carbonyl (C=O) groups is 1. The Labute approximate surface area is 118 Å². The van der Waals surface area contributed by atoms with Crippen LogP contribution in [0, 0.1) is 0 Å². The Hall–Kier alpha value is -1.04. The summed E-state index contributed by atoms with van der Waals surface area (Å²) in [5.74, 6) is 1.28. The number of hydrogen-bond acceptors (Lipinski definition) is 6. The summed E-state index contributed by atoms with van der Waals surface area (Å²) < 4.78 is 10.2. The molecule has 1 rings (SSSR count). The normalized spacial score (nSPS) is 13.3. The van der Waals surface area contributed by atoms with Gasteiger partial charge in [0.25, 0.3) is 0 Å². The molecule has 0 N–H and O–H groups in total. The highest BCUT2D eigenvalue weighted by Gasteiger charge is 2.37. The Kier molecular flexibility index (Phi) is 5.85. The molecule has 0 aromatic carbocycles. The van der Waals surface area contributed by atoms with Gasteiger partial charge in [0.15, 0.2) is 5.82 Å². The lowest BCUT2D eigenvalue weighted by atomic mass is 9.94. The second-order valence-electron chi connectivity index (χ2n) is 4.89. The third kappa shape index (κ3) is 4.23. The molecule has 19 heavy (non-hydrogen) atoms. The van der Waals surface area contributed by atoms with Gasteiger partial charge < -0.3 is 9.26 Å². The number of rotatable bonds is 7. The van der Waals surface area contributed by atoms with Gasteiger partial charge in [0.2, 0.25) is 5.89 Å². The number of nitrogens with zero attached hydrogens (tertiary/aromatic N) is 2. The fraction of sp³-hybridized carbons (Fsp3) is 0.769. The topological polar surface area (TPSA) is 65.2 Å². The van der Waals surface area contributed by atoms with Gasteiger partial charge in [-0.05, 0) is 27.2 Å². The van der Waals surface area contributed by atoms with Crippen LogP contribution in [0.5, 0.6) is 0 Å². The van der Waals surface area contributed by atoms with Crippen LogP contribution in [0.4, 0.5) is 0 Å². The molecule has 0 saturated carbocycles. The van der Waals surface area contributed by atoms with Crippen molar-refractivity contribution >= 4 is 17.7 Å². The molecule has 0 aliphatic heterocycles. The van der Waals surface area contributed by atoms with E-state index in [1.54, 1.807) is 32.5 Å². The van der Waals surface area contributed by atoms with E-state index in [1.807, 2.05) is 0 Å². The van der Waals surface area contributed by atoms with E-state index >= 15 is 0 Å². The first-order valence-electron chi connectivity index (χ1n) is 6.53. The van der Waals surface area contributed by atoms with Crippen molar-refractivity contribution in [1.82, 2.24) is 10.1 Å². The van der Waals surface area contributed by atoms with Crippen LogP contribution in [0.25, 0.3) is 0 Å². The highest BCUT2D eigenvalue weighted by molar-refractivity contribution is 7.99. The van der Waals surface area contributed by atoms with Gasteiger partial charge >= 0.3 is 5.97 Å². The predicted octanol–water partition coefficient (Wildman–Crippen LogP) is 2.94. The molecule has 6 heteroatoms. The standard InChI is InChI=1S/C13H22N2O3S/c1-6-9(3)19-8-10-14-11(18-15-10)13(4,5)12(16)17-7-2/h9H,6-8H2,1-5H3. The zero-order chi connectivity index (χ0) is 14.5. The average molecular weight is 286 g/mol. The highest BCUT2D eigenvalue weighted by atomic mass is 32.2. The summed E-state index contributed by atoms with van der Waals surface area (Å²) in [6.45, 7) is 9.87. The molecular weight excluding hydrogens is 264 g/mol. The predicted molar refractivity (Wildman–Crippen MR) is 75.0 cm³/mol. The van der Waals surface area contributed by atoms with Gasteiger partial charge in [-0.1, -0.05) is 19.0 Å². The van der Waals surface area contributed by atoms with Gasteiger partial charge in [0.1, 0.15) is 5.41 Å². The molecule has 1 unspecified atom stereocenters. The fourth-order valence-electron chi connectivity index (χ4n) is 1.30. The quantitative estimate of drug-likeness (QED) is 0.718. The van der Waals surface area contributed by atoms with Crippen LogP contribution in [0.15, 0.2) is 4.52 Å². The van der Waals surface area contributed by atoms with Gasteiger partial charge in [0, 0.05) is 5.25 Å². The van der Waals surface area contributed by atoms with Crippen LogP contribution in [0.3, 0.4) is 0 Å². The summed E-state index contributed by atoms with van der Waals surface area (Å²) in [7, 11) is 0. The minimum atomic E-state index is -0.900. The molecule has 1 aromatic heterocycles. The van der Waals surface area contributed by atoms with E-state index in [1.165, 1.54) is 0 Å². The summed E-state index contributed by atoms with van der Waals surface area (Å²) in [6, 6.07) is 0. The molecule has 0 aliphatic rings. The van der Waals surface area contributed by atoms with Gasteiger partial charge in [-0.15, -0.1) is 0 Å². The maximum atomic E-state index is 11.8. The number of carbonyl (C=O) groups excluding carboxylic acids is 1. The van der Waals surface area contributed by atoms with Crippen LogP contribution in [-0.4, -0.2) is 28.0 Å². The maximum Gasteiger partial charge on any atom is 0.321 e. The number of esters is 1. The van der Waals surface area contributed by atoms with Crippen molar-refractivity contribution in [3.8, 4) is 0 Å². The van der Waals surface area contributed by atoms with Crippen molar-refractivity contribution in [2.75, 3.05) is 6.61 Å². The first-order chi connectivity index (χ1) is 8.91. The van der Waals surface area contributed by atoms with Crippen LogP contribution in [-0.2, 0) is 20.7 Å². The minimum absolute atomic E-state index is 0.311. The number of aromatic nitrogens is 2. The van der Waals surface area contributed by atoms with E-state index in [0.717, 1.165) is 6.42 Å². The fourth-order valence-corrected chi connectivity index (χ4v) is 2.09. The van der Waals surface area contributed by atoms with E-state index in [9.17, 15) is 4.79 Å². The lowest BCUT2D eigenvalue weighted by Gasteiger charge is -2.17. The van der Waals surface area contributed by atoms with Gasteiger partial charge in [-0.25, -0.2) is 0 Å². The largest absolute Gasteiger partial charge is 0.465 e. The van der Waals surface area contributed by atoms with Crippen molar-refractivity contribution in [2.24, 2.45) is 0 Å². The van der Waals surface area contributed by atoms with Crippen LogP contribution in [0.2, 0.25) is 0 Å². The summed E-state index contributed by atoms with van der Waals surface area (Å²) in [4.78, 5) is 16.1. The Morgan fingerprint density at radius 1 is 1.47 bits per heavy atom. The summed E-state index contributed by atoms with van der Waals surface area (Å²) in [6.07, 6.45) is 1.10. The zero-order valence-electron chi connectivity index (χ0n) is 12.2. The molecule has 0 saturated heterocycles. The number of hydrogen-bond donors (Lipinski definition) is 0. The molecule has 0 amide bonds. The van der Waals surface area contributed by atoms with Crippen LogP contribution < -0.4 is 0 Å². The zero-order valence-corrected chi connectivity index (χ0v) is 13.0. The maximum absolute atomic E-state index is 11.8. The van der Waals surface area contributed by atoms with Crippen LogP contribution in [0.1, 0.15) is 52.8 Å². The van der Waals surface area contributed by atoms with Crippen molar-refractivity contribution in [3.05, 3.63) is 11.7 Å². The molecule has 0 aliphatic carbocycles. The van der Waals surface area contributed by atoms with Gasteiger partial charge in [0.05, 0.1) is 12.4 Å². The Bertz CT molecular complexity index is 418. The molecular formula is C13H22N2O3S. The number of ether oxygens (including phenoxy) is 1. The second-order valence-corrected chi connectivity index (χ2v) is 6.32. The third-order valence-electron chi connectivity index (χ3n) is 2.86. The molecule has 0 bridgehead atoms. The monoisotopic (exact) mass is 286 g/mol. The molecule has 0 fully saturated rings. The Morgan fingerprint density at radius 2 is 2.16 bits per heavy atom. The van der Waals surface area contributed by atoms with Gasteiger partial charge in [-0.2, -0.15) is 16.7 Å². The summed E-state index contributed by atoms with van der Waals surface area (Å²) >= 11 is 1.77. The molecule has 1 atom stereocenters. The van der Waals surface area contributed by atoms with E-state index in [-0.39, 0.29) is 5.97 Å². The smallest absolute Gasteiger partial charge is 0.321 e. The summed E-state index contributed by atoms with van der Waals surface area (Å²) in [5.41, 5.74) is -0.900. The van der Waals surface area contributed by atoms with E-state index in [4.69, 9.17) is 9.26 Å². The number of thioether (sulfide) groups is 1. The second kappa shape index (κ2) is 6.93. The first-order valence-corrected chi connectivity index (χ1v) is 7.58. The van der Waals surface area contributed by atoms with Crippen molar-refractivity contribution < 1.29 is 14.1 Å². The van der Waals surface area contributed by atoms with E-state index < -0.39 is 5.41 Å². The molecule has 0 radical (unpaired) electrons. The van der Waals surface area contributed by atoms with Crippen molar-refractivity contribution in [3.63, 3.8) is 0 Å². The molecule has 1 heterocycles. The van der Waals surface area contributed by atoms with Gasteiger partial charge in [-0.3, -0.25) is 4.79 Å². The lowest BCUT2D eigenvalue weighted by molar-refractivity contribution is -0.149.